The fraction of sp³-hybridized carbons (Fsp3) is 0.784. The predicted molar refractivity (Wildman–Crippen MR) is 255 cm³/mol. The van der Waals surface area contributed by atoms with Crippen LogP contribution >= 0.6 is 0 Å². The first kappa shape index (κ1) is 57.4. The van der Waals surface area contributed by atoms with Gasteiger partial charge in [-0.1, -0.05) is 45.0 Å². The summed E-state index contributed by atoms with van der Waals surface area (Å²) < 4.78 is 51.1. The van der Waals surface area contributed by atoms with Crippen LogP contribution < -0.4 is 0 Å². The van der Waals surface area contributed by atoms with Gasteiger partial charge in [0.05, 0.1) is 85.3 Å². The zero-order valence-corrected chi connectivity index (χ0v) is 43.8. The Morgan fingerprint density at radius 1 is 0.914 bits per heavy atom. The Labute approximate surface area is 413 Å². The molecule has 0 bridgehead atoms. The number of ketones is 1. The average molecular weight is 991 g/mol. The number of esters is 2. The molecule has 0 spiro atoms. The molecular weight excluding hydrogens is 909 g/mol. The molecule has 0 aliphatic carbocycles. The van der Waals surface area contributed by atoms with Crippen LogP contribution in [0.4, 0.5) is 0 Å². The molecule has 0 saturated carbocycles. The van der Waals surface area contributed by atoms with Crippen LogP contribution in [0.3, 0.4) is 0 Å². The molecule has 0 unspecified atom stereocenters. The lowest BCUT2D eigenvalue weighted by Crippen LogP contribution is -2.61. The lowest BCUT2D eigenvalue weighted by Gasteiger charge is -2.49. The molecule has 396 valence electrons. The van der Waals surface area contributed by atoms with Crippen molar-refractivity contribution in [3.63, 3.8) is 0 Å². The highest BCUT2D eigenvalue weighted by Crippen LogP contribution is 2.41. The summed E-state index contributed by atoms with van der Waals surface area (Å²) in [6.45, 7) is 18.1. The first-order valence-corrected chi connectivity index (χ1v) is 24.8. The van der Waals surface area contributed by atoms with E-state index in [2.05, 4.69) is 10.3 Å². The number of ether oxygens (including phenoxy) is 8. The largest absolute Gasteiger partial charge is 0.465 e. The molecule has 0 amide bonds. The summed E-state index contributed by atoms with van der Waals surface area (Å²) in [5.74, 6) is -5.00. The number of nitrogens with zero attached hydrogens (tertiary/aromatic N) is 4. The van der Waals surface area contributed by atoms with Crippen LogP contribution in [0.15, 0.2) is 30.5 Å². The number of methoxy groups -OCH3 is 3. The number of hydrogen-bond acceptors (Lipinski definition) is 18. The number of aromatic nitrogens is 3. The summed E-state index contributed by atoms with van der Waals surface area (Å²) in [5, 5.41) is 55.3. The topological polar surface area (TPSA) is 240 Å². The maximum atomic E-state index is 14.4. The summed E-state index contributed by atoms with van der Waals surface area (Å²) in [6, 6.07) is 6.66. The highest BCUT2D eigenvalue weighted by Gasteiger charge is 2.53. The summed E-state index contributed by atoms with van der Waals surface area (Å²) in [6.07, 6.45) is -6.22. The van der Waals surface area contributed by atoms with E-state index in [4.69, 9.17) is 37.9 Å². The Morgan fingerprint density at radius 3 is 2.19 bits per heavy atom. The highest BCUT2D eigenvalue weighted by atomic mass is 16.7. The Morgan fingerprint density at radius 2 is 1.57 bits per heavy atom. The van der Waals surface area contributed by atoms with Crippen molar-refractivity contribution >= 4 is 17.7 Å². The molecule has 1 aromatic heterocycles. The molecule has 3 aliphatic rings. The number of carbonyl (C=O) groups is 3. The van der Waals surface area contributed by atoms with Crippen LogP contribution in [-0.4, -0.2) is 184 Å². The van der Waals surface area contributed by atoms with E-state index in [0.29, 0.717) is 31.5 Å². The Hall–Kier alpha value is -3.47. The fourth-order valence-corrected chi connectivity index (χ4v) is 10.8. The van der Waals surface area contributed by atoms with E-state index in [1.165, 1.54) is 28.3 Å². The first-order valence-electron chi connectivity index (χ1n) is 24.8. The zero-order chi connectivity index (χ0) is 52.0. The molecule has 70 heavy (non-hydrogen) atoms. The van der Waals surface area contributed by atoms with E-state index in [-0.39, 0.29) is 37.8 Å². The van der Waals surface area contributed by atoms with Gasteiger partial charge in [0.15, 0.2) is 6.29 Å². The molecular formula is C51H82N4O15. The van der Waals surface area contributed by atoms with Crippen molar-refractivity contribution in [2.45, 2.75) is 192 Å². The van der Waals surface area contributed by atoms with Crippen molar-refractivity contribution in [1.29, 1.82) is 0 Å². The minimum Gasteiger partial charge on any atom is -0.465 e. The van der Waals surface area contributed by atoms with Crippen LogP contribution in [0.1, 0.15) is 117 Å². The molecule has 0 radical (unpaired) electrons. The van der Waals surface area contributed by atoms with E-state index in [1.54, 1.807) is 65.3 Å². The second kappa shape index (κ2) is 24.0. The van der Waals surface area contributed by atoms with Gasteiger partial charge >= 0.3 is 11.9 Å². The van der Waals surface area contributed by atoms with Crippen molar-refractivity contribution in [3.8, 4) is 0 Å². The lowest BCUT2D eigenvalue weighted by molar-refractivity contribution is -0.304. The molecule has 4 N–H and O–H groups in total. The highest BCUT2D eigenvalue weighted by molar-refractivity contribution is 5.89. The number of benzene rings is 1. The van der Waals surface area contributed by atoms with Gasteiger partial charge in [0.2, 0.25) is 0 Å². The van der Waals surface area contributed by atoms with Crippen LogP contribution in [0.25, 0.3) is 0 Å². The monoisotopic (exact) mass is 991 g/mol. The summed E-state index contributed by atoms with van der Waals surface area (Å²) >= 11 is 0. The number of likely N-dealkylation sites (N-methyl/N-ethyl adjacent to an activating group) is 1. The van der Waals surface area contributed by atoms with E-state index >= 15 is 0 Å². The molecule has 3 aliphatic heterocycles. The second-order valence-corrected chi connectivity index (χ2v) is 20.9. The minimum atomic E-state index is -1.99. The second-order valence-electron chi connectivity index (χ2n) is 20.9. The third kappa shape index (κ3) is 13.0. The molecule has 5 rings (SSSR count). The predicted octanol–water partition coefficient (Wildman–Crippen LogP) is 3.52. The van der Waals surface area contributed by atoms with Crippen molar-refractivity contribution < 1.29 is 72.7 Å². The standard InChI is InChI=1S/C51H82N4O15/c1-15-39-51(10,62)43(58)30(4)40(56)28(2)23-50(9,65-14)45(31(5)42(32(6)46(60)69-39)66-27-37-24-49(8,64-13)44(59)33(7)68-37)70-48-41(57)38(22-29(3)67-48)54(11)21-20-36-26-55(53-52-36)25-34-16-18-35(19-17-34)47(61)63-12/h16-19,26,28-33,37-39,41-45,48,57-59,62H,15,20-25,27H2,1-14H3/t28-,29-,30+,31+,32-,33+,37-,38+,39-,41-,42+,43-,44+,45-,48+,49-,50-,51-/m1/s1. The normalized spacial score (nSPS) is 39.3. The van der Waals surface area contributed by atoms with Crippen molar-refractivity contribution in [2.24, 2.45) is 23.7 Å². The van der Waals surface area contributed by atoms with Crippen LogP contribution in [0.5, 0.6) is 0 Å². The summed E-state index contributed by atoms with van der Waals surface area (Å²) in [7, 11) is 6.30. The minimum absolute atomic E-state index is 0.0244. The van der Waals surface area contributed by atoms with E-state index in [0.717, 1.165) is 11.3 Å². The number of carbonyl (C=O) groups excluding carboxylic acids is 3. The zero-order valence-electron chi connectivity index (χ0n) is 43.8. The third-order valence-electron chi connectivity index (χ3n) is 15.5. The quantitative estimate of drug-likeness (QED) is 0.187. The fourth-order valence-electron chi connectivity index (χ4n) is 10.8. The smallest absolute Gasteiger partial charge is 0.337 e. The van der Waals surface area contributed by atoms with Crippen molar-refractivity contribution in [2.75, 3.05) is 41.5 Å². The summed E-state index contributed by atoms with van der Waals surface area (Å²) in [5.41, 5.74) is -2.10. The van der Waals surface area contributed by atoms with Gasteiger partial charge < -0.3 is 63.2 Å². The van der Waals surface area contributed by atoms with Gasteiger partial charge in [-0.15, -0.1) is 5.10 Å². The van der Waals surface area contributed by atoms with Crippen molar-refractivity contribution in [1.82, 2.24) is 19.9 Å². The maximum Gasteiger partial charge on any atom is 0.337 e. The number of aliphatic hydroxyl groups is 4. The van der Waals surface area contributed by atoms with Crippen LogP contribution in [-0.2, 0) is 60.4 Å². The molecule has 2 aromatic rings. The van der Waals surface area contributed by atoms with E-state index in [1.807, 2.05) is 44.1 Å². The van der Waals surface area contributed by atoms with Gasteiger partial charge in [-0.3, -0.25) is 9.59 Å². The first-order chi connectivity index (χ1) is 32.8. The summed E-state index contributed by atoms with van der Waals surface area (Å²) in [4.78, 5) is 42.6. The molecule has 19 nitrogen and oxygen atoms in total. The van der Waals surface area contributed by atoms with Gasteiger partial charge in [0.25, 0.3) is 0 Å². The van der Waals surface area contributed by atoms with Gasteiger partial charge in [-0.05, 0) is 85.5 Å². The number of cyclic esters (lactones) is 1. The average Bonchev–Trinajstić information content (AvgIpc) is 3.79. The van der Waals surface area contributed by atoms with Crippen molar-refractivity contribution in [3.05, 3.63) is 47.3 Å². The van der Waals surface area contributed by atoms with Gasteiger partial charge in [0, 0.05) is 63.6 Å². The van der Waals surface area contributed by atoms with E-state index < -0.39 is 114 Å². The molecule has 19 heteroatoms. The molecule has 3 saturated heterocycles. The Balaban J connectivity index is 1.44. The Kier molecular flexibility index (Phi) is 19.7. The molecule has 3 fully saturated rings. The number of Topliss-reactive ketones (excluding diaryl/α,β-unsaturated/α-hetero) is 1. The van der Waals surface area contributed by atoms with Crippen LogP contribution in [0, 0.1) is 23.7 Å². The van der Waals surface area contributed by atoms with Gasteiger partial charge in [-0.25, -0.2) is 9.48 Å². The number of rotatable bonds is 15. The maximum absolute atomic E-state index is 14.4. The van der Waals surface area contributed by atoms with Gasteiger partial charge in [0.1, 0.15) is 29.7 Å². The molecule has 1 aromatic carbocycles. The molecule has 4 heterocycles. The Bertz CT molecular complexity index is 2020. The van der Waals surface area contributed by atoms with Crippen LogP contribution in [0.2, 0.25) is 0 Å². The molecule has 18 atom stereocenters. The van der Waals surface area contributed by atoms with E-state index in [9.17, 15) is 34.8 Å². The lowest BCUT2D eigenvalue weighted by atomic mass is 9.74. The third-order valence-corrected chi connectivity index (χ3v) is 15.5. The van der Waals surface area contributed by atoms with Gasteiger partial charge in [-0.2, -0.15) is 0 Å². The number of aliphatic hydroxyl groups excluding tert-OH is 3. The number of hydrogen-bond donors (Lipinski definition) is 4. The SMILES string of the molecule is CC[C@H]1OC(=O)[C@H](C)[C@@H](OC[C@H]2C[C@@](C)(OC)[C@@H](O)[C@H](C)O2)[C@H](C)[C@@H](O[C@@H]2O[C@H](C)C[C@H](N(C)CCc3cn(Cc4ccc(C(=O)OC)cc4)nn3)[C@H]2O)[C@](C)(OC)C[C@@H](C)C(=O)[C@H](C)[C@@H](O)[C@]1(C)O.